The van der Waals surface area contributed by atoms with Crippen LogP contribution in [0.15, 0.2) is 76.7 Å². The molecule has 0 N–H and O–H groups in total. The highest BCUT2D eigenvalue weighted by molar-refractivity contribution is 7.90. The second-order valence-electron chi connectivity index (χ2n) is 9.40. The number of hydrogen-bond donors (Lipinski definition) is 0. The zero-order chi connectivity index (χ0) is 26.5. The van der Waals surface area contributed by atoms with Crippen molar-refractivity contribution in [3.63, 3.8) is 0 Å². The van der Waals surface area contributed by atoms with Crippen molar-refractivity contribution in [2.45, 2.75) is 24.3 Å². The van der Waals surface area contributed by atoms with Gasteiger partial charge in [0.15, 0.2) is 9.84 Å². The summed E-state index contributed by atoms with van der Waals surface area (Å²) in [5, 5.41) is 1.29. The quantitative estimate of drug-likeness (QED) is 0.254. The topological polar surface area (TPSA) is 73.5 Å². The molecule has 2 heterocycles. The molecule has 0 saturated heterocycles. The highest BCUT2D eigenvalue weighted by Gasteiger charge is 2.30. The SMILES string of the molecule is CC1(C)COC(c2cn(-c3ccc(-c4cccc(S(C)(=O)=O)c4)cc3Cl)c(-c3c(Cl)cccc3Cl)n2)=N1. The van der Waals surface area contributed by atoms with E-state index in [2.05, 4.69) is 4.99 Å². The number of imidazole rings is 1. The Bertz CT molecular complexity index is 1660. The number of nitrogens with zero attached hydrogens (tertiary/aromatic N) is 3. The summed E-state index contributed by atoms with van der Waals surface area (Å²) in [6.07, 6.45) is 2.97. The molecule has 3 aromatic carbocycles. The molecule has 0 radical (unpaired) electrons. The van der Waals surface area contributed by atoms with Crippen molar-refractivity contribution in [1.82, 2.24) is 9.55 Å². The third-order valence-electron chi connectivity index (χ3n) is 5.88. The fraction of sp³-hybridized carbons (Fsp3) is 0.185. The molecule has 0 atom stereocenters. The molecule has 0 unspecified atom stereocenters. The first-order valence-corrected chi connectivity index (χ1v) is 14.3. The average Bonchev–Trinajstić information content (AvgIpc) is 3.42. The van der Waals surface area contributed by atoms with Crippen molar-refractivity contribution in [3.05, 3.63) is 87.6 Å². The minimum Gasteiger partial charge on any atom is -0.474 e. The van der Waals surface area contributed by atoms with Crippen LogP contribution in [0.5, 0.6) is 0 Å². The zero-order valence-corrected chi connectivity index (χ0v) is 23.3. The van der Waals surface area contributed by atoms with Gasteiger partial charge in [0.2, 0.25) is 5.90 Å². The molecule has 10 heteroatoms. The summed E-state index contributed by atoms with van der Waals surface area (Å²) < 4.78 is 31.7. The van der Waals surface area contributed by atoms with Crippen LogP contribution in [-0.2, 0) is 14.6 Å². The summed E-state index contributed by atoms with van der Waals surface area (Å²) in [6.45, 7) is 4.41. The van der Waals surface area contributed by atoms with Gasteiger partial charge in [0, 0.05) is 12.5 Å². The van der Waals surface area contributed by atoms with E-state index in [4.69, 9.17) is 44.5 Å². The minimum absolute atomic E-state index is 0.236. The van der Waals surface area contributed by atoms with Crippen LogP contribution in [0.2, 0.25) is 15.1 Å². The fourth-order valence-corrected chi connectivity index (χ4v) is 5.56. The van der Waals surface area contributed by atoms with Gasteiger partial charge in [-0.3, -0.25) is 4.57 Å². The van der Waals surface area contributed by atoms with E-state index in [0.717, 1.165) is 11.1 Å². The van der Waals surface area contributed by atoms with E-state index in [-0.39, 0.29) is 10.4 Å². The van der Waals surface area contributed by atoms with Crippen LogP contribution < -0.4 is 0 Å². The average molecular weight is 575 g/mol. The Morgan fingerprint density at radius 3 is 2.22 bits per heavy atom. The van der Waals surface area contributed by atoms with Crippen LogP contribution in [0.3, 0.4) is 0 Å². The standard InChI is InChI=1S/C27H22Cl3N3O3S/c1-27(2)15-36-26(32-27)22-14-33(25(31-22)24-19(28)8-5-9-20(24)29)23-11-10-17(13-21(23)30)16-6-4-7-18(12-16)37(3,34)35/h4-14H,15H2,1-3H3. The molecule has 37 heavy (non-hydrogen) atoms. The molecule has 6 nitrogen and oxygen atoms in total. The lowest BCUT2D eigenvalue weighted by atomic mass is 10.1. The van der Waals surface area contributed by atoms with Gasteiger partial charge in [-0.25, -0.2) is 18.4 Å². The van der Waals surface area contributed by atoms with Gasteiger partial charge in [-0.2, -0.15) is 0 Å². The van der Waals surface area contributed by atoms with Gasteiger partial charge in [0.05, 0.1) is 36.8 Å². The summed E-state index contributed by atoms with van der Waals surface area (Å²) in [4.78, 5) is 9.69. The molecule has 1 aromatic heterocycles. The molecule has 4 aromatic rings. The van der Waals surface area contributed by atoms with E-state index >= 15 is 0 Å². The summed E-state index contributed by atoms with van der Waals surface area (Å²) in [5.41, 5.74) is 2.84. The Hall–Kier alpha value is -2.84. The lowest BCUT2D eigenvalue weighted by molar-refractivity contribution is 0.279. The summed E-state index contributed by atoms with van der Waals surface area (Å²) >= 11 is 19.9. The molecule has 1 aliphatic rings. The monoisotopic (exact) mass is 573 g/mol. The third kappa shape index (κ3) is 5.14. The fourth-order valence-electron chi connectivity index (χ4n) is 4.06. The molecular formula is C27H22Cl3N3O3S. The maximum atomic E-state index is 12.0. The molecule has 0 amide bonds. The first kappa shape index (κ1) is 25.8. The minimum atomic E-state index is -3.35. The number of aromatic nitrogens is 2. The number of halogens is 3. The summed E-state index contributed by atoms with van der Waals surface area (Å²) in [6, 6.07) is 17.5. The number of rotatable bonds is 5. The Balaban J connectivity index is 1.66. The summed E-state index contributed by atoms with van der Waals surface area (Å²) in [7, 11) is -3.35. The number of ether oxygens (including phenoxy) is 1. The third-order valence-corrected chi connectivity index (χ3v) is 7.92. The maximum Gasteiger partial charge on any atom is 0.237 e. The summed E-state index contributed by atoms with van der Waals surface area (Å²) in [5.74, 6) is 0.911. The predicted molar refractivity (Wildman–Crippen MR) is 149 cm³/mol. The van der Waals surface area contributed by atoms with E-state index in [1.54, 1.807) is 53.2 Å². The van der Waals surface area contributed by atoms with Crippen LogP contribution in [0, 0.1) is 0 Å². The molecule has 0 bridgehead atoms. The molecule has 0 fully saturated rings. The molecule has 0 spiro atoms. The highest BCUT2D eigenvalue weighted by Crippen LogP contribution is 2.38. The molecule has 0 saturated carbocycles. The molecule has 5 rings (SSSR count). The second kappa shape index (κ2) is 9.48. The van der Waals surface area contributed by atoms with Gasteiger partial charge in [-0.05, 0) is 61.4 Å². The predicted octanol–water partition coefficient (Wildman–Crippen LogP) is 7.13. The lowest BCUT2D eigenvalue weighted by Crippen LogP contribution is -2.17. The van der Waals surface area contributed by atoms with Crippen molar-refractivity contribution in [2.24, 2.45) is 4.99 Å². The van der Waals surface area contributed by atoms with E-state index in [1.807, 2.05) is 32.0 Å². The smallest absolute Gasteiger partial charge is 0.237 e. The van der Waals surface area contributed by atoms with Gasteiger partial charge in [-0.15, -0.1) is 0 Å². The van der Waals surface area contributed by atoms with E-state index < -0.39 is 9.84 Å². The molecule has 190 valence electrons. The first-order chi connectivity index (χ1) is 17.4. The van der Waals surface area contributed by atoms with Gasteiger partial charge < -0.3 is 4.74 Å². The number of aliphatic imine (C=N–C) groups is 1. The van der Waals surface area contributed by atoms with Gasteiger partial charge in [-0.1, -0.05) is 59.1 Å². The first-order valence-electron chi connectivity index (χ1n) is 11.3. The Morgan fingerprint density at radius 2 is 1.59 bits per heavy atom. The van der Waals surface area contributed by atoms with Gasteiger partial charge in [0.25, 0.3) is 0 Å². The molecular weight excluding hydrogens is 553 g/mol. The molecule has 1 aliphatic heterocycles. The zero-order valence-electron chi connectivity index (χ0n) is 20.2. The van der Waals surface area contributed by atoms with E-state index in [1.165, 1.54) is 6.26 Å². The van der Waals surface area contributed by atoms with Crippen LogP contribution in [0.4, 0.5) is 0 Å². The van der Waals surface area contributed by atoms with Gasteiger partial charge >= 0.3 is 0 Å². The Morgan fingerprint density at radius 1 is 0.919 bits per heavy atom. The van der Waals surface area contributed by atoms with Crippen molar-refractivity contribution in [2.75, 3.05) is 12.9 Å². The van der Waals surface area contributed by atoms with Gasteiger partial charge in [0.1, 0.15) is 18.1 Å². The maximum absolute atomic E-state index is 12.0. The van der Waals surface area contributed by atoms with Crippen LogP contribution in [0.1, 0.15) is 19.5 Å². The number of benzene rings is 3. The molecule has 0 aliphatic carbocycles. The van der Waals surface area contributed by atoms with Crippen molar-refractivity contribution < 1.29 is 13.2 Å². The Labute approximate surface area is 230 Å². The van der Waals surface area contributed by atoms with Crippen molar-refractivity contribution in [3.8, 4) is 28.2 Å². The lowest BCUT2D eigenvalue weighted by Gasteiger charge is -2.13. The van der Waals surface area contributed by atoms with E-state index in [9.17, 15) is 8.42 Å². The highest BCUT2D eigenvalue weighted by atomic mass is 35.5. The van der Waals surface area contributed by atoms with E-state index in [0.29, 0.717) is 50.3 Å². The van der Waals surface area contributed by atoms with Crippen LogP contribution >= 0.6 is 34.8 Å². The Kier molecular flexibility index (Phi) is 6.61. The van der Waals surface area contributed by atoms with Crippen LogP contribution in [0.25, 0.3) is 28.2 Å². The van der Waals surface area contributed by atoms with Crippen molar-refractivity contribution >= 4 is 50.5 Å². The number of sulfone groups is 1. The number of hydrogen-bond acceptors (Lipinski definition) is 5. The normalized spacial score (nSPS) is 14.9. The largest absolute Gasteiger partial charge is 0.474 e. The van der Waals surface area contributed by atoms with Crippen molar-refractivity contribution in [1.29, 1.82) is 0 Å². The van der Waals surface area contributed by atoms with Crippen LogP contribution in [-0.4, -0.2) is 42.3 Å². The second-order valence-corrected chi connectivity index (χ2v) is 12.6.